The monoisotopic (exact) mass is 244 g/mol. The third-order valence-corrected chi connectivity index (χ3v) is 1.57. The fourth-order valence-electron chi connectivity index (χ4n) is 0.643. The second-order valence-corrected chi connectivity index (χ2v) is 3.80. The van der Waals surface area contributed by atoms with Crippen molar-refractivity contribution >= 4 is 11.9 Å². The van der Waals surface area contributed by atoms with Crippen LogP contribution in [0, 0.1) is 0 Å². The van der Waals surface area contributed by atoms with E-state index in [4.69, 9.17) is 0 Å². The summed E-state index contributed by atoms with van der Waals surface area (Å²) < 4.78 is 9.15. The zero-order chi connectivity index (χ0) is 13.8. The van der Waals surface area contributed by atoms with E-state index in [1.54, 1.807) is 0 Å². The van der Waals surface area contributed by atoms with E-state index in [1.165, 1.54) is 13.8 Å². The maximum atomic E-state index is 11.2. The summed E-state index contributed by atoms with van der Waals surface area (Å²) in [5.41, 5.74) is 0.0660. The van der Waals surface area contributed by atoms with E-state index in [9.17, 15) is 19.8 Å². The van der Waals surface area contributed by atoms with E-state index in [2.05, 4.69) is 22.6 Å². The number of ether oxygens (including phenoxy) is 2. The topological polar surface area (TPSA) is 93.1 Å². The SMILES string of the molecule is C=C(C)C(=O)OC(OC(=O)C(=C)C)C(C)(O)O. The standard InChI is InChI=1S/C11H16O6/c1-6(2)8(12)16-10(11(5,14)15)17-9(13)7(3)4/h10,14-15H,1,3H2,2,4-5H3. The molecule has 0 aromatic carbocycles. The van der Waals surface area contributed by atoms with Crippen molar-refractivity contribution < 1.29 is 29.3 Å². The average molecular weight is 244 g/mol. The normalized spacial score (nSPS) is 10.9. The number of hydrogen-bond acceptors (Lipinski definition) is 6. The second-order valence-electron chi connectivity index (χ2n) is 3.80. The van der Waals surface area contributed by atoms with E-state index in [1.807, 2.05) is 0 Å². The van der Waals surface area contributed by atoms with Crippen LogP contribution in [0.2, 0.25) is 0 Å². The molecular weight excluding hydrogens is 228 g/mol. The van der Waals surface area contributed by atoms with E-state index < -0.39 is 24.0 Å². The molecule has 0 aromatic heterocycles. The molecular formula is C11H16O6. The number of hydrogen-bond donors (Lipinski definition) is 2. The molecule has 2 N–H and O–H groups in total. The number of esters is 2. The summed E-state index contributed by atoms with van der Waals surface area (Å²) in [5, 5.41) is 18.6. The molecule has 0 amide bonds. The van der Waals surface area contributed by atoms with Gasteiger partial charge in [0.05, 0.1) is 0 Å². The van der Waals surface area contributed by atoms with E-state index >= 15 is 0 Å². The smallest absolute Gasteiger partial charge is 0.336 e. The minimum absolute atomic E-state index is 0.0330. The largest absolute Gasteiger partial charge is 0.416 e. The van der Waals surface area contributed by atoms with Gasteiger partial charge in [-0.2, -0.15) is 0 Å². The fraction of sp³-hybridized carbons (Fsp3) is 0.455. The molecule has 0 spiro atoms. The van der Waals surface area contributed by atoms with Gasteiger partial charge in [-0.15, -0.1) is 0 Å². The van der Waals surface area contributed by atoms with Crippen molar-refractivity contribution in [3.05, 3.63) is 24.3 Å². The number of carbonyl (C=O) groups is 2. The summed E-state index contributed by atoms with van der Waals surface area (Å²) in [7, 11) is 0. The van der Waals surface area contributed by atoms with E-state index in [0.717, 1.165) is 6.92 Å². The molecule has 0 aliphatic carbocycles. The number of aliphatic hydroxyl groups is 2. The van der Waals surface area contributed by atoms with Crippen LogP contribution in [0.4, 0.5) is 0 Å². The summed E-state index contributed by atoms with van der Waals surface area (Å²) >= 11 is 0. The summed E-state index contributed by atoms with van der Waals surface area (Å²) in [6, 6.07) is 0. The Bertz CT molecular complexity index is 321. The molecule has 6 nitrogen and oxygen atoms in total. The first-order valence-corrected chi connectivity index (χ1v) is 4.73. The molecule has 0 aromatic rings. The van der Waals surface area contributed by atoms with Crippen LogP contribution in [-0.4, -0.2) is 34.2 Å². The molecule has 0 rings (SSSR count). The Morgan fingerprint density at radius 1 is 1.06 bits per heavy atom. The third-order valence-electron chi connectivity index (χ3n) is 1.57. The van der Waals surface area contributed by atoms with Gasteiger partial charge in [-0.3, -0.25) is 0 Å². The van der Waals surface area contributed by atoms with Crippen molar-refractivity contribution in [2.24, 2.45) is 0 Å². The van der Waals surface area contributed by atoms with Crippen LogP contribution in [0.3, 0.4) is 0 Å². The lowest BCUT2D eigenvalue weighted by Gasteiger charge is -2.26. The number of carbonyl (C=O) groups excluding carboxylic acids is 2. The van der Waals surface area contributed by atoms with Crippen molar-refractivity contribution in [3.8, 4) is 0 Å². The maximum Gasteiger partial charge on any atom is 0.336 e. The summed E-state index contributed by atoms with van der Waals surface area (Å²) in [6.07, 6.45) is -1.85. The molecule has 0 fully saturated rings. The Kier molecular flexibility index (Phi) is 5.06. The lowest BCUT2D eigenvalue weighted by Crippen LogP contribution is -2.45. The molecule has 0 unspecified atom stereocenters. The van der Waals surface area contributed by atoms with E-state index in [0.29, 0.717) is 0 Å². The van der Waals surface area contributed by atoms with Gasteiger partial charge in [0, 0.05) is 11.1 Å². The van der Waals surface area contributed by atoms with Crippen LogP contribution < -0.4 is 0 Å². The van der Waals surface area contributed by atoms with Gasteiger partial charge in [-0.25, -0.2) is 9.59 Å². The first kappa shape index (κ1) is 15.3. The minimum atomic E-state index is -2.52. The van der Waals surface area contributed by atoms with Crippen LogP contribution in [0.25, 0.3) is 0 Å². The van der Waals surface area contributed by atoms with Gasteiger partial charge in [0.25, 0.3) is 0 Å². The van der Waals surface area contributed by atoms with Gasteiger partial charge in [0.2, 0.25) is 5.79 Å². The highest BCUT2D eigenvalue weighted by Crippen LogP contribution is 2.14. The third kappa shape index (κ3) is 5.28. The molecule has 0 radical (unpaired) electrons. The molecule has 0 aliphatic heterocycles. The first-order chi connectivity index (χ1) is 7.55. The van der Waals surface area contributed by atoms with Crippen LogP contribution >= 0.6 is 0 Å². The Morgan fingerprint density at radius 2 is 1.35 bits per heavy atom. The van der Waals surface area contributed by atoms with Crippen molar-refractivity contribution in [3.63, 3.8) is 0 Å². The first-order valence-electron chi connectivity index (χ1n) is 4.73. The molecule has 96 valence electrons. The zero-order valence-corrected chi connectivity index (χ0v) is 10.0. The van der Waals surface area contributed by atoms with Crippen molar-refractivity contribution in [2.75, 3.05) is 0 Å². The summed E-state index contributed by atoms with van der Waals surface area (Å²) in [6.45, 7) is 10.3. The van der Waals surface area contributed by atoms with Gasteiger partial charge in [0.15, 0.2) is 0 Å². The van der Waals surface area contributed by atoms with Crippen LogP contribution in [0.1, 0.15) is 20.8 Å². The Hall–Kier alpha value is -1.66. The molecule has 0 aliphatic rings. The maximum absolute atomic E-state index is 11.2. The second kappa shape index (κ2) is 5.60. The quantitative estimate of drug-likeness (QED) is 0.409. The molecule has 0 heterocycles. The molecule has 0 saturated carbocycles. The molecule has 0 atom stereocenters. The predicted molar refractivity (Wildman–Crippen MR) is 58.4 cm³/mol. The van der Waals surface area contributed by atoms with Crippen molar-refractivity contribution in [1.82, 2.24) is 0 Å². The van der Waals surface area contributed by atoms with Gasteiger partial charge in [-0.1, -0.05) is 13.2 Å². The zero-order valence-electron chi connectivity index (χ0n) is 10.0. The Balaban J connectivity index is 4.80. The van der Waals surface area contributed by atoms with Gasteiger partial charge in [-0.05, 0) is 20.8 Å². The van der Waals surface area contributed by atoms with Crippen LogP contribution in [-0.2, 0) is 19.1 Å². The Morgan fingerprint density at radius 3 is 1.53 bits per heavy atom. The molecule has 17 heavy (non-hydrogen) atoms. The average Bonchev–Trinajstić information content (AvgIpc) is 2.14. The molecule has 6 heteroatoms. The van der Waals surface area contributed by atoms with Crippen molar-refractivity contribution in [1.29, 1.82) is 0 Å². The van der Waals surface area contributed by atoms with Crippen LogP contribution in [0.5, 0.6) is 0 Å². The van der Waals surface area contributed by atoms with Gasteiger partial charge < -0.3 is 19.7 Å². The van der Waals surface area contributed by atoms with Gasteiger partial charge in [0.1, 0.15) is 0 Å². The summed E-state index contributed by atoms with van der Waals surface area (Å²) in [4.78, 5) is 22.4. The highest BCUT2D eigenvalue weighted by molar-refractivity contribution is 5.88. The van der Waals surface area contributed by atoms with Crippen LogP contribution in [0.15, 0.2) is 24.3 Å². The number of rotatable bonds is 5. The van der Waals surface area contributed by atoms with Gasteiger partial charge >= 0.3 is 18.2 Å². The lowest BCUT2D eigenvalue weighted by atomic mass is 10.3. The lowest BCUT2D eigenvalue weighted by molar-refractivity contribution is -0.289. The summed E-state index contributed by atoms with van der Waals surface area (Å²) in [5.74, 6) is -4.33. The molecule has 0 bridgehead atoms. The fourth-order valence-corrected chi connectivity index (χ4v) is 0.643. The van der Waals surface area contributed by atoms with Crippen molar-refractivity contribution in [2.45, 2.75) is 32.8 Å². The highest BCUT2D eigenvalue weighted by atomic mass is 16.7. The molecule has 0 saturated heterocycles. The Labute approximate surface area is 99.1 Å². The minimum Gasteiger partial charge on any atom is -0.416 e. The van der Waals surface area contributed by atoms with E-state index in [-0.39, 0.29) is 11.1 Å². The highest BCUT2D eigenvalue weighted by Gasteiger charge is 2.36. The predicted octanol–water partition coefficient (Wildman–Crippen LogP) is 0.252.